The van der Waals surface area contributed by atoms with Gasteiger partial charge < -0.3 is 14.2 Å². The first-order valence-corrected chi connectivity index (χ1v) is 10.3. The van der Waals surface area contributed by atoms with Crippen LogP contribution in [0.25, 0.3) is 0 Å². The summed E-state index contributed by atoms with van der Waals surface area (Å²) in [4.78, 5) is 40.3. The number of Topliss-reactive ketones (excluding diaryl/α,β-unsaturated/α-hetero) is 1. The Balaban J connectivity index is 2.40. The van der Waals surface area contributed by atoms with Gasteiger partial charge in [-0.2, -0.15) is 0 Å². The lowest BCUT2D eigenvalue weighted by molar-refractivity contribution is -0.134. The van der Waals surface area contributed by atoms with Gasteiger partial charge in [0.25, 0.3) is 0 Å². The number of carbonyl (C=O) groups excluding carboxylic acids is 3. The molecular weight excluding hydrogens is 356 g/mol. The van der Waals surface area contributed by atoms with Gasteiger partial charge in [-0.15, -0.1) is 0 Å². The van der Waals surface area contributed by atoms with Crippen LogP contribution in [-0.4, -0.2) is 46.8 Å². The average molecular weight is 391 g/mol. The molecular formula is C22H34N2O4. The van der Waals surface area contributed by atoms with E-state index in [2.05, 4.69) is 13.8 Å². The Hall–Kier alpha value is -2.11. The Morgan fingerprint density at radius 2 is 1.79 bits per heavy atom. The Bertz CT molecular complexity index is 759. The van der Waals surface area contributed by atoms with Crippen molar-refractivity contribution in [3.8, 4) is 0 Å². The van der Waals surface area contributed by atoms with Crippen LogP contribution in [0.3, 0.4) is 0 Å². The van der Waals surface area contributed by atoms with Crippen LogP contribution in [0.5, 0.6) is 0 Å². The summed E-state index contributed by atoms with van der Waals surface area (Å²) in [5, 5.41) is 0. The monoisotopic (exact) mass is 390 g/mol. The molecule has 1 atom stereocenters. The van der Waals surface area contributed by atoms with Gasteiger partial charge in [0, 0.05) is 30.3 Å². The van der Waals surface area contributed by atoms with E-state index in [1.165, 1.54) is 7.11 Å². The van der Waals surface area contributed by atoms with E-state index in [0.29, 0.717) is 35.8 Å². The van der Waals surface area contributed by atoms with Gasteiger partial charge in [0.15, 0.2) is 5.78 Å². The van der Waals surface area contributed by atoms with Gasteiger partial charge >= 0.3 is 5.97 Å². The molecule has 156 valence electrons. The third-order valence-electron chi connectivity index (χ3n) is 5.71. The van der Waals surface area contributed by atoms with Crippen molar-refractivity contribution in [2.75, 3.05) is 13.7 Å². The highest BCUT2D eigenvalue weighted by Gasteiger charge is 2.38. The zero-order valence-corrected chi connectivity index (χ0v) is 18.3. The number of nitrogens with zero attached hydrogens (tertiary/aromatic N) is 2. The zero-order valence-electron chi connectivity index (χ0n) is 18.3. The van der Waals surface area contributed by atoms with Crippen LogP contribution in [0.2, 0.25) is 0 Å². The standard InChI is InChI=1S/C22H34N2O4/c1-8-23-15(5)18(14(4)19(23)22(27)28-7)20(25)16(6)24(12-11-13(2)3)21(26)17-9-10-17/h13,16-17H,8-12H2,1-7H3. The van der Waals surface area contributed by atoms with E-state index >= 15 is 0 Å². The molecule has 28 heavy (non-hydrogen) atoms. The molecule has 0 aliphatic heterocycles. The first-order chi connectivity index (χ1) is 13.1. The van der Waals surface area contributed by atoms with Gasteiger partial charge in [-0.3, -0.25) is 9.59 Å². The highest BCUT2D eigenvalue weighted by molar-refractivity contribution is 6.06. The molecule has 0 aromatic carbocycles. The van der Waals surface area contributed by atoms with Gasteiger partial charge in [0.05, 0.1) is 13.2 Å². The van der Waals surface area contributed by atoms with E-state index in [1.54, 1.807) is 11.8 Å². The number of hydrogen-bond acceptors (Lipinski definition) is 4. The molecule has 0 spiro atoms. The summed E-state index contributed by atoms with van der Waals surface area (Å²) in [7, 11) is 1.34. The number of hydrogen-bond donors (Lipinski definition) is 0. The molecule has 1 amide bonds. The Labute approximate surface area is 168 Å². The van der Waals surface area contributed by atoms with Crippen molar-refractivity contribution in [2.45, 2.75) is 73.4 Å². The molecule has 2 rings (SSSR count). The lowest BCUT2D eigenvalue weighted by Crippen LogP contribution is -2.45. The fraction of sp³-hybridized carbons (Fsp3) is 0.682. The van der Waals surface area contributed by atoms with E-state index in [4.69, 9.17) is 4.74 Å². The number of aromatic nitrogens is 1. The topological polar surface area (TPSA) is 68.6 Å². The molecule has 1 aromatic rings. The SMILES string of the molecule is CCn1c(C)c(C(=O)C(C)N(CCC(C)C)C(=O)C2CC2)c(C)c1C(=O)OC. The lowest BCUT2D eigenvalue weighted by atomic mass is 9.99. The van der Waals surface area contributed by atoms with Crippen molar-refractivity contribution in [1.29, 1.82) is 0 Å². The number of ketones is 1. The molecule has 0 radical (unpaired) electrons. The van der Waals surface area contributed by atoms with E-state index < -0.39 is 12.0 Å². The van der Waals surface area contributed by atoms with Crippen molar-refractivity contribution in [3.05, 3.63) is 22.5 Å². The second-order valence-electron chi connectivity index (χ2n) is 8.20. The van der Waals surface area contributed by atoms with E-state index in [0.717, 1.165) is 25.0 Å². The van der Waals surface area contributed by atoms with Crippen molar-refractivity contribution < 1.29 is 19.1 Å². The molecule has 1 heterocycles. The minimum atomic E-state index is -0.553. The maximum Gasteiger partial charge on any atom is 0.354 e. The summed E-state index contributed by atoms with van der Waals surface area (Å²) in [5.41, 5.74) is 2.33. The zero-order chi connectivity index (χ0) is 21.2. The third kappa shape index (κ3) is 4.31. The van der Waals surface area contributed by atoms with Crippen molar-refractivity contribution in [2.24, 2.45) is 11.8 Å². The van der Waals surface area contributed by atoms with Gasteiger partial charge in [-0.25, -0.2) is 4.79 Å². The number of esters is 1. The molecule has 6 heteroatoms. The van der Waals surface area contributed by atoms with Gasteiger partial charge in [0.1, 0.15) is 5.69 Å². The second kappa shape index (κ2) is 8.93. The fourth-order valence-corrected chi connectivity index (χ4v) is 3.82. The molecule has 1 unspecified atom stereocenters. The average Bonchev–Trinajstić information content (AvgIpc) is 3.46. The molecule has 1 saturated carbocycles. The lowest BCUT2D eigenvalue weighted by Gasteiger charge is -2.29. The molecule has 1 fully saturated rings. The molecule has 0 bridgehead atoms. The predicted molar refractivity (Wildman–Crippen MR) is 109 cm³/mol. The minimum absolute atomic E-state index is 0.0653. The summed E-state index contributed by atoms with van der Waals surface area (Å²) in [6.45, 7) is 12.8. The van der Waals surface area contributed by atoms with Crippen molar-refractivity contribution in [1.82, 2.24) is 9.47 Å². The van der Waals surface area contributed by atoms with Crippen molar-refractivity contribution in [3.63, 3.8) is 0 Å². The first-order valence-electron chi connectivity index (χ1n) is 10.3. The maximum atomic E-state index is 13.5. The van der Waals surface area contributed by atoms with Crippen LogP contribution in [-0.2, 0) is 16.1 Å². The van der Waals surface area contributed by atoms with Crippen LogP contribution in [0.1, 0.15) is 79.1 Å². The first kappa shape index (κ1) is 22.2. The number of methoxy groups -OCH3 is 1. The van der Waals surface area contributed by atoms with Crippen LogP contribution in [0, 0.1) is 25.7 Å². The van der Waals surface area contributed by atoms with Gasteiger partial charge in [-0.05, 0) is 58.4 Å². The summed E-state index contributed by atoms with van der Waals surface area (Å²) in [5.74, 6) is 0.0489. The number of carbonyl (C=O) groups is 3. The van der Waals surface area contributed by atoms with Crippen LogP contribution in [0.4, 0.5) is 0 Å². The van der Waals surface area contributed by atoms with Crippen LogP contribution >= 0.6 is 0 Å². The largest absolute Gasteiger partial charge is 0.464 e. The number of amides is 1. The van der Waals surface area contributed by atoms with E-state index in [9.17, 15) is 14.4 Å². The summed E-state index contributed by atoms with van der Waals surface area (Å²) in [6.07, 6.45) is 2.68. The quantitative estimate of drug-likeness (QED) is 0.475. The van der Waals surface area contributed by atoms with Crippen LogP contribution < -0.4 is 0 Å². The normalized spacial score (nSPS) is 14.9. The Morgan fingerprint density at radius 1 is 1.18 bits per heavy atom. The molecule has 1 aliphatic carbocycles. The minimum Gasteiger partial charge on any atom is -0.464 e. The fourth-order valence-electron chi connectivity index (χ4n) is 3.82. The van der Waals surface area contributed by atoms with Gasteiger partial charge in [-0.1, -0.05) is 13.8 Å². The Kier molecular flexibility index (Phi) is 7.07. The number of ether oxygens (including phenoxy) is 1. The van der Waals surface area contributed by atoms with Crippen LogP contribution in [0.15, 0.2) is 0 Å². The summed E-state index contributed by atoms with van der Waals surface area (Å²) < 4.78 is 6.74. The molecule has 1 aromatic heterocycles. The molecule has 0 saturated heterocycles. The third-order valence-corrected chi connectivity index (χ3v) is 5.71. The smallest absolute Gasteiger partial charge is 0.354 e. The second-order valence-corrected chi connectivity index (χ2v) is 8.20. The van der Waals surface area contributed by atoms with E-state index in [-0.39, 0.29) is 17.6 Å². The summed E-state index contributed by atoms with van der Waals surface area (Å²) >= 11 is 0. The molecule has 0 N–H and O–H groups in total. The Morgan fingerprint density at radius 3 is 2.25 bits per heavy atom. The maximum absolute atomic E-state index is 13.5. The predicted octanol–water partition coefficient (Wildman–Crippen LogP) is 3.77. The van der Waals surface area contributed by atoms with E-state index in [1.807, 2.05) is 25.3 Å². The van der Waals surface area contributed by atoms with Crippen molar-refractivity contribution >= 4 is 17.7 Å². The highest BCUT2D eigenvalue weighted by Crippen LogP contribution is 2.33. The molecule has 6 nitrogen and oxygen atoms in total. The summed E-state index contributed by atoms with van der Waals surface area (Å²) in [6, 6.07) is -0.553. The number of rotatable bonds is 9. The molecule has 1 aliphatic rings. The highest BCUT2D eigenvalue weighted by atomic mass is 16.5. The van der Waals surface area contributed by atoms with Gasteiger partial charge in [0.2, 0.25) is 5.91 Å².